The van der Waals surface area contributed by atoms with E-state index in [1.807, 2.05) is 12.1 Å². The fraction of sp³-hybridized carbons (Fsp3) is 0.611. The van der Waals surface area contributed by atoms with Crippen molar-refractivity contribution >= 4 is 5.97 Å². The third kappa shape index (κ3) is 5.03. The zero-order chi connectivity index (χ0) is 17.0. The summed E-state index contributed by atoms with van der Waals surface area (Å²) in [7, 11) is 0. The molecule has 0 amide bonds. The molecular formula is C18H28N2O3. The number of morpholine rings is 1. The molecule has 1 aliphatic heterocycles. The number of rotatable bonds is 6. The van der Waals surface area contributed by atoms with Crippen LogP contribution in [0.3, 0.4) is 0 Å². The summed E-state index contributed by atoms with van der Waals surface area (Å²) >= 11 is 0. The molecule has 0 saturated carbocycles. The van der Waals surface area contributed by atoms with Gasteiger partial charge in [-0.15, -0.1) is 0 Å². The van der Waals surface area contributed by atoms with Gasteiger partial charge in [0.1, 0.15) is 0 Å². The van der Waals surface area contributed by atoms with Gasteiger partial charge in [0, 0.05) is 31.7 Å². The molecule has 1 saturated heterocycles. The average Bonchev–Trinajstić information content (AvgIpc) is 2.46. The summed E-state index contributed by atoms with van der Waals surface area (Å²) < 4.78 is 5.81. The molecule has 5 heteroatoms. The van der Waals surface area contributed by atoms with E-state index in [9.17, 15) is 4.79 Å². The van der Waals surface area contributed by atoms with Gasteiger partial charge >= 0.3 is 5.97 Å². The quantitative estimate of drug-likeness (QED) is 0.842. The molecular weight excluding hydrogens is 292 g/mol. The fourth-order valence-corrected chi connectivity index (χ4v) is 3.06. The molecule has 1 aromatic rings. The van der Waals surface area contributed by atoms with Gasteiger partial charge in [-0.25, -0.2) is 4.79 Å². The maximum Gasteiger partial charge on any atom is 0.335 e. The number of carboxylic acid groups (broad SMARTS) is 1. The highest BCUT2D eigenvalue weighted by atomic mass is 16.5. The van der Waals surface area contributed by atoms with Gasteiger partial charge in [0.05, 0.1) is 17.8 Å². The molecule has 1 heterocycles. The van der Waals surface area contributed by atoms with Crippen LogP contribution in [-0.4, -0.2) is 53.4 Å². The van der Waals surface area contributed by atoms with Crippen molar-refractivity contribution in [1.82, 2.24) is 10.2 Å². The predicted molar refractivity (Wildman–Crippen MR) is 90.8 cm³/mol. The monoisotopic (exact) mass is 320 g/mol. The lowest BCUT2D eigenvalue weighted by Crippen LogP contribution is -2.58. The lowest BCUT2D eigenvalue weighted by molar-refractivity contribution is -0.0952. The molecule has 1 fully saturated rings. The number of hydrogen-bond acceptors (Lipinski definition) is 4. The molecule has 0 aliphatic carbocycles. The van der Waals surface area contributed by atoms with Gasteiger partial charge in [0.15, 0.2) is 0 Å². The first kappa shape index (κ1) is 17.9. The van der Waals surface area contributed by atoms with Crippen LogP contribution in [0.15, 0.2) is 24.3 Å². The third-order valence-electron chi connectivity index (χ3n) is 4.36. The summed E-state index contributed by atoms with van der Waals surface area (Å²) in [6.07, 6.45) is 0.531. The van der Waals surface area contributed by atoms with E-state index in [1.54, 1.807) is 12.1 Å². The van der Waals surface area contributed by atoms with Gasteiger partial charge < -0.3 is 15.2 Å². The van der Waals surface area contributed by atoms with Crippen LogP contribution in [0, 0.1) is 0 Å². The molecule has 23 heavy (non-hydrogen) atoms. The summed E-state index contributed by atoms with van der Waals surface area (Å²) in [5.74, 6) is -0.888. The largest absolute Gasteiger partial charge is 0.478 e. The molecule has 0 aromatic heterocycles. The molecule has 0 radical (unpaired) electrons. The Bertz CT molecular complexity index is 518. The number of carbonyl (C=O) groups is 1. The van der Waals surface area contributed by atoms with Crippen LogP contribution in [0.5, 0.6) is 0 Å². The molecule has 2 unspecified atom stereocenters. The Hall–Kier alpha value is -1.43. The van der Waals surface area contributed by atoms with Crippen LogP contribution in [-0.2, 0) is 11.3 Å². The van der Waals surface area contributed by atoms with Crippen LogP contribution in [0.25, 0.3) is 0 Å². The molecule has 0 bridgehead atoms. The van der Waals surface area contributed by atoms with Gasteiger partial charge in [-0.1, -0.05) is 12.1 Å². The van der Waals surface area contributed by atoms with Gasteiger partial charge in [-0.05, 0) is 45.4 Å². The lowest BCUT2D eigenvalue weighted by Gasteiger charge is -2.45. The number of hydrogen-bond donors (Lipinski definition) is 2. The normalized spacial score (nSPS) is 23.0. The smallest absolute Gasteiger partial charge is 0.335 e. The zero-order valence-electron chi connectivity index (χ0n) is 14.5. The van der Waals surface area contributed by atoms with E-state index in [-0.39, 0.29) is 17.7 Å². The molecule has 128 valence electrons. The molecule has 1 aliphatic rings. The summed E-state index contributed by atoms with van der Waals surface area (Å²) in [5, 5.41) is 12.4. The Morgan fingerprint density at radius 2 is 1.83 bits per heavy atom. The summed E-state index contributed by atoms with van der Waals surface area (Å²) in [5.41, 5.74) is 1.47. The van der Waals surface area contributed by atoms with Crippen molar-refractivity contribution in [3.63, 3.8) is 0 Å². The van der Waals surface area contributed by atoms with Gasteiger partial charge in [0.25, 0.3) is 0 Å². The number of ether oxygens (including phenoxy) is 1. The minimum absolute atomic E-state index is 0.0489. The molecule has 1 aromatic carbocycles. The molecule has 0 spiro atoms. The second-order valence-corrected chi connectivity index (χ2v) is 7.08. The number of aromatic carboxylic acids is 1. The van der Waals surface area contributed by atoms with Gasteiger partial charge in [-0.3, -0.25) is 4.90 Å². The van der Waals surface area contributed by atoms with Crippen LogP contribution in [0.1, 0.15) is 43.6 Å². The highest BCUT2D eigenvalue weighted by Crippen LogP contribution is 2.20. The first-order valence-electron chi connectivity index (χ1n) is 8.21. The minimum Gasteiger partial charge on any atom is -0.478 e. The average molecular weight is 320 g/mol. The van der Waals surface area contributed by atoms with E-state index in [4.69, 9.17) is 9.84 Å². The van der Waals surface area contributed by atoms with Crippen molar-refractivity contribution in [1.29, 1.82) is 0 Å². The van der Waals surface area contributed by atoms with E-state index in [2.05, 4.69) is 37.9 Å². The Morgan fingerprint density at radius 1 is 1.26 bits per heavy atom. The second-order valence-electron chi connectivity index (χ2n) is 7.08. The highest BCUT2D eigenvalue weighted by Gasteiger charge is 2.32. The molecule has 2 atom stereocenters. The predicted octanol–water partition coefficient (Wildman–Crippen LogP) is 2.36. The molecule has 2 N–H and O–H groups in total. The number of carboxylic acids is 1. The summed E-state index contributed by atoms with van der Waals surface area (Å²) in [6.45, 7) is 12.2. The fourth-order valence-electron chi connectivity index (χ4n) is 3.06. The van der Waals surface area contributed by atoms with Crippen molar-refractivity contribution < 1.29 is 14.6 Å². The van der Waals surface area contributed by atoms with E-state index < -0.39 is 5.97 Å². The van der Waals surface area contributed by atoms with E-state index >= 15 is 0 Å². The van der Waals surface area contributed by atoms with E-state index in [0.29, 0.717) is 5.56 Å². The number of nitrogens with zero attached hydrogens (tertiary/aromatic N) is 1. The van der Waals surface area contributed by atoms with Crippen molar-refractivity contribution in [2.75, 3.05) is 19.6 Å². The van der Waals surface area contributed by atoms with Crippen LogP contribution in [0.2, 0.25) is 0 Å². The first-order valence-corrected chi connectivity index (χ1v) is 8.21. The maximum atomic E-state index is 10.9. The van der Waals surface area contributed by atoms with Gasteiger partial charge in [-0.2, -0.15) is 0 Å². The van der Waals surface area contributed by atoms with Crippen molar-refractivity contribution in [2.45, 2.75) is 52.0 Å². The first-order chi connectivity index (χ1) is 10.8. The van der Waals surface area contributed by atoms with Crippen molar-refractivity contribution in [3.8, 4) is 0 Å². The Balaban J connectivity index is 1.85. The number of nitrogens with one attached hydrogen (secondary N) is 1. The topological polar surface area (TPSA) is 61.8 Å². The van der Waals surface area contributed by atoms with Gasteiger partial charge in [0.2, 0.25) is 0 Å². The Kier molecular flexibility index (Phi) is 5.79. The Morgan fingerprint density at radius 3 is 2.35 bits per heavy atom. The van der Waals surface area contributed by atoms with Crippen LogP contribution < -0.4 is 5.32 Å². The van der Waals surface area contributed by atoms with E-state index in [0.717, 1.165) is 31.7 Å². The lowest BCUT2D eigenvalue weighted by atomic mass is 10.00. The van der Waals surface area contributed by atoms with Crippen LogP contribution in [0.4, 0.5) is 0 Å². The molecule has 2 rings (SSSR count). The Labute approximate surface area is 138 Å². The van der Waals surface area contributed by atoms with Crippen LogP contribution >= 0.6 is 0 Å². The minimum atomic E-state index is -0.888. The summed E-state index contributed by atoms with van der Waals surface area (Å²) in [6, 6.07) is 7.02. The maximum absolute atomic E-state index is 10.9. The number of benzene rings is 1. The zero-order valence-corrected chi connectivity index (χ0v) is 14.5. The standard InChI is InChI=1S/C18H28N2O3/c1-13-10-20(11-14(2)23-13)18(3,4)12-19-9-15-5-7-16(8-6-15)17(21)22/h5-8,13-14,19H,9-12H2,1-4H3,(H,21,22). The summed E-state index contributed by atoms with van der Waals surface area (Å²) in [4.78, 5) is 13.3. The van der Waals surface area contributed by atoms with E-state index in [1.165, 1.54) is 0 Å². The second kappa shape index (κ2) is 7.43. The van der Waals surface area contributed by atoms with Crippen molar-refractivity contribution in [3.05, 3.63) is 35.4 Å². The SMILES string of the molecule is CC1CN(C(C)(C)CNCc2ccc(C(=O)O)cc2)CC(C)O1. The molecule has 5 nitrogen and oxygen atoms in total. The highest BCUT2D eigenvalue weighted by molar-refractivity contribution is 5.87. The van der Waals surface area contributed by atoms with Crippen molar-refractivity contribution in [2.24, 2.45) is 0 Å². The third-order valence-corrected chi connectivity index (χ3v) is 4.36.